The normalized spacial score (nSPS) is 11.1. The summed E-state index contributed by atoms with van der Waals surface area (Å²) in [6.07, 6.45) is 1.71. The van der Waals surface area contributed by atoms with E-state index < -0.39 is 0 Å². The zero-order valence-electron chi connectivity index (χ0n) is 14.8. The largest absolute Gasteiger partial charge is 0.496 e. The summed E-state index contributed by atoms with van der Waals surface area (Å²) in [5, 5.41) is 8.66. The third kappa shape index (κ3) is 3.25. The molecule has 4 heteroatoms. The number of methoxy groups -OCH3 is 1. The molecular weight excluding hydrogens is 336 g/mol. The van der Waals surface area contributed by atoms with Gasteiger partial charge in [0, 0.05) is 5.56 Å². The summed E-state index contributed by atoms with van der Waals surface area (Å²) in [7, 11) is 1.54. The van der Waals surface area contributed by atoms with Crippen LogP contribution >= 0.6 is 0 Å². The average Bonchev–Trinajstić information content (AvgIpc) is 2.73. The Labute approximate surface area is 157 Å². The van der Waals surface area contributed by atoms with E-state index in [0.29, 0.717) is 11.3 Å². The molecule has 0 aliphatic carbocycles. The van der Waals surface area contributed by atoms with Crippen LogP contribution in [0.4, 0.5) is 0 Å². The van der Waals surface area contributed by atoms with Gasteiger partial charge in [-0.1, -0.05) is 60.7 Å². The highest BCUT2D eigenvalue weighted by molar-refractivity contribution is 6.13. The second-order valence-corrected chi connectivity index (χ2v) is 6.13. The SMILES string of the molecule is COc1ccccc1C(=O)N/N=C\c1c2ccccc2cc2ccccc12. The Hall–Kier alpha value is -3.66. The maximum atomic E-state index is 12.4. The zero-order valence-corrected chi connectivity index (χ0v) is 14.8. The lowest BCUT2D eigenvalue weighted by Gasteiger charge is -2.08. The molecule has 0 spiro atoms. The Morgan fingerprint density at radius 1 is 0.889 bits per heavy atom. The van der Waals surface area contributed by atoms with Gasteiger partial charge in [-0.25, -0.2) is 5.43 Å². The third-order valence-corrected chi connectivity index (χ3v) is 4.52. The predicted octanol–water partition coefficient (Wildman–Crippen LogP) is 4.77. The van der Waals surface area contributed by atoms with Gasteiger partial charge < -0.3 is 4.74 Å². The molecule has 0 fully saturated rings. The van der Waals surface area contributed by atoms with Crippen molar-refractivity contribution in [2.75, 3.05) is 7.11 Å². The fourth-order valence-corrected chi connectivity index (χ4v) is 3.24. The maximum absolute atomic E-state index is 12.4. The van der Waals surface area contributed by atoms with Crippen LogP contribution in [0.1, 0.15) is 15.9 Å². The van der Waals surface area contributed by atoms with Crippen LogP contribution in [-0.2, 0) is 0 Å². The Morgan fingerprint density at radius 2 is 1.48 bits per heavy atom. The number of hydrazone groups is 1. The molecule has 27 heavy (non-hydrogen) atoms. The van der Waals surface area contributed by atoms with Crippen LogP contribution in [0.3, 0.4) is 0 Å². The van der Waals surface area contributed by atoms with E-state index in [1.807, 2.05) is 30.3 Å². The number of rotatable bonds is 4. The summed E-state index contributed by atoms with van der Waals surface area (Å²) in [6, 6.07) is 25.5. The number of benzene rings is 4. The van der Waals surface area contributed by atoms with Crippen LogP contribution in [-0.4, -0.2) is 19.2 Å². The van der Waals surface area contributed by atoms with E-state index in [4.69, 9.17) is 4.74 Å². The van der Waals surface area contributed by atoms with Crippen molar-refractivity contribution >= 4 is 33.7 Å². The van der Waals surface area contributed by atoms with Crippen molar-refractivity contribution in [1.82, 2.24) is 5.43 Å². The highest BCUT2D eigenvalue weighted by Crippen LogP contribution is 2.27. The van der Waals surface area contributed by atoms with Crippen molar-refractivity contribution in [2.24, 2.45) is 5.10 Å². The Kier molecular flexibility index (Phi) is 4.54. The number of ether oxygens (including phenoxy) is 1. The summed E-state index contributed by atoms with van der Waals surface area (Å²) in [4.78, 5) is 12.4. The van der Waals surface area contributed by atoms with Gasteiger partial charge in [0.05, 0.1) is 18.9 Å². The van der Waals surface area contributed by atoms with Crippen LogP contribution in [0.2, 0.25) is 0 Å². The number of nitrogens with zero attached hydrogens (tertiary/aromatic N) is 1. The first-order valence-corrected chi connectivity index (χ1v) is 8.65. The molecule has 0 saturated carbocycles. The number of hydrogen-bond donors (Lipinski definition) is 1. The third-order valence-electron chi connectivity index (χ3n) is 4.52. The molecule has 4 aromatic rings. The van der Waals surface area contributed by atoms with Gasteiger partial charge in [-0.3, -0.25) is 4.79 Å². The zero-order chi connectivity index (χ0) is 18.6. The van der Waals surface area contributed by atoms with Crippen molar-refractivity contribution in [3.05, 3.63) is 90.0 Å². The fourth-order valence-electron chi connectivity index (χ4n) is 3.24. The Morgan fingerprint density at radius 3 is 2.15 bits per heavy atom. The standard InChI is InChI=1S/C23H18N2O2/c1-27-22-13-7-6-12-20(22)23(26)25-24-15-21-18-10-4-2-8-16(18)14-17-9-3-5-11-19(17)21/h2-15H,1H3,(H,25,26)/b24-15-. The minimum Gasteiger partial charge on any atom is -0.496 e. The summed E-state index contributed by atoms with van der Waals surface area (Å²) >= 11 is 0. The van der Waals surface area contributed by atoms with Gasteiger partial charge in [0.2, 0.25) is 0 Å². The van der Waals surface area contributed by atoms with Gasteiger partial charge >= 0.3 is 0 Å². The van der Waals surface area contributed by atoms with Gasteiger partial charge in [-0.15, -0.1) is 0 Å². The van der Waals surface area contributed by atoms with Crippen LogP contribution in [0, 0.1) is 0 Å². The van der Waals surface area contributed by atoms with E-state index in [-0.39, 0.29) is 5.91 Å². The van der Waals surface area contributed by atoms with Crippen molar-refractivity contribution in [1.29, 1.82) is 0 Å². The lowest BCUT2D eigenvalue weighted by molar-refractivity contribution is 0.0952. The predicted molar refractivity (Wildman–Crippen MR) is 110 cm³/mol. The van der Waals surface area contributed by atoms with Crippen molar-refractivity contribution < 1.29 is 9.53 Å². The van der Waals surface area contributed by atoms with E-state index in [9.17, 15) is 4.79 Å². The van der Waals surface area contributed by atoms with E-state index >= 15 is 0 Å². The van der Waals surface area contributed by atoms with E-state index in [1.54, 1.807) is 24.4 Å². The number of carbonyl (C=O) groups is 1. The molecule has 0 heterocycles. The molecule has 1 amide bonds. The number of amides is 1. The van der Waals surface area contributed by atoms with Crippen LogP contribution in [0.15, 0.2) is 84.0 Å². The second-order valence-electron chi connectivity index (χ2n) is 6.13. The molecule has 4 aromatic carbocycles. The fraction of sp³-hybridized carbons (Fsp3) is 0.0435. The highest BCUT2D eigenvalue weighted by atomic mass is 16.5. The molecular formula is C23H18N2O2. The molecule has 0 bridgehead atoms. The number of nitrogens with one attached hydrogen (secondary N) is 1. The summed E-state index contributed by atoms with van der Waals surface area (Å²) in [5.41, 5.74) is 4.02. The molecule has 0 unspecified atom stereocenters. The van der Waals surface area contributed by atoms with E-state index in [1.165, 1.54) is 7.11 Å². The van der Waals surface area contributed by atoms with E-state index in [2.05, 4.69) is 40.9 Å². The molecule has 0 saturated heterocycles. The first kappa shape index (κ1) is 16.8. The second kappa shape index (κ2) is 7.30. The summed E-state index contributed by atoms with van der Waals surface area (Å²) < 4.78 is 5.23. The van der Waals surface area contributed by atoms with Gasteiger partial charge in [-0.05, 0) is 39.7 Å². The molecule has 0 aliphatic rings. The van der Waals surface area contributed by atoms with Gasteiger partial charge in [0.25, 0.3) is 5.91 Å². The van der Waals surface area contributed by atoms with Crippen molar-refractivity contribution in [2.45, 2.75) is 0 Å². The van der Waals surface area contributed by atoms with Crippen molar-refractivity contribution in [3.8, 4) is 5.75 Å². The topological polar surface area (TPSA) is 50.7 Å². The lowest BCUT2D eigenvalue weighted by atomic mass is 9.97. The Bertz CT molecular complexity index is 1110. The molecule has 4 rings (SSSR count). The van der Waals surface area contributed by atoms with Crippen LogP contribution < -0.4 is 10.2 Å². The molecule has 4 nitrogen and oxygen atoms in total. The number of hydrogen-bond acceptors (Lipinski definition) is 3. The first-order chi connectivity index (χ1) is 13.3. The quantitative estimate of drug-likeness (QED) is 0.326. The van der Waals surface area contributed by atoms with E-state index in [0.717, 1.165) is 27.1 Å². The number of carbonyl (C=O) groups excluding carboxylic acids is 1. The first-order valence-electron chi connectivity index (χ1n) is 8.65. The molecule has 0 atom stereocenters. The summed E-state index contributed by atoms with van der Waals surface area (Å²) in [6.45, 7) is 0. The van der Waals surface area contributed by atoms with Crippen LogP contribution in [0.5, 0.6) is 5.75 Å². The monoisotopic (exact) mass is 354 g/mol. The minimum absolute atomic E-state index is 0.312. The van der Waals surface area contributed by atoms with Crippen molar-refractivity contribution in [3.63, 3.8) is 0 Å². The van der Waals surface area contributed by atoms with Gasteiger partial charge in [0.15, 0.2) is 0 Å². The molecule has 1 N–H and O–H groups in total. The van der Waals surface area contributed by atoms with Crippen LogP contribution in [0.25, 0.3) is 21.5 Å². The molecule has 0 aliphatic heterocycles. The average molecular weight is 354 g/mol. The molecule has 132 valence electrons. The van der Waals surface area contributed by atoms with Gasteiger partial charge in [0.1, 0.15) is 5.75 Å². The lowest BCUT2D eigenvalue weighted by Crippen LogP contribution is -2.18. The summed E-state index contributed by atoms with van der Waals surface area (Å²) in [5.74, 6) is 0.203. The Balaban J connectivity index is 1.71. The number of fused-ring (bicyclic) bond motifs is 2. The van der Waals surface area contributed by atoms with Gasteiger partial charge in [-0.2, -0.15) is 5.10 Å². The highest BCUT2D eigenvalue weighted by Gasteiger charge is 2.10. The smallest absolute Gasteiger partial charge is 0.275 e. The number of para-hydroxylation sites is 1. The maximum Gasteiger partial charge on any atom is 0.275 e. The molecule has 0 radical (unpaired) electrons. The minimum atomic E-state index is -0.312. The molecule has 0 aromatic heterocycles.